The van der Waals surface area contributed by atoms with E-state index in [0.717, 1.165) is 30.0 Å². The van der Waals surface area contributed by atoms with Gasteiger partial charge in [-0.2, -0.15) is 0 Å². The Hall–Kier alpha value is -0.0800. The third-order valence-corrected chi connectivity index (χ3v) is 4.43. The first kappa shape index (κ1) is 13.4. The van der Waals surface area contributed by atoms with Crippen LogP contribution >= 0.6 is 0 Å². The van der Waals surface area contributed by atoms with E-state index in [0.29, 0.717) is 0 Å². The first-order valence-corrected chi connectivity index (χ1v) is 7.61. The molecule has 0 aromatic heterocycles. The lowest BCUT2D eigenvalue weighted by Gasteiger charge is -2.40. The van der Waals surface area contributed by atoms with Crippen LogP contribution < -0.4 is 5.32 Å². The predicted molar refractivity (Wildman–Crippen MR) is 74.2 cm³/mol. The molecule has 4 atom stereocenters. The van der Waals surface area contributed by atoms with Crippen LogP contribution in [-0.2, 0) is 0 Å². The Morgan fingerprint density at radius 3 is 2.76 bits per heavy atom. The first-order valence-electron chi connectivity index (χ1n) is 7.61. The molecule has 1 aliphatic heterocycles. The zero-order valence-corrected chi connectivity index (χ0v) is 12.1. The van der Waals surface area contributed by atoms with Gasteiger partial charge in [0.2, 0.25) is 0 Å². The summed E-state index contributed by atoms with van der Waals surface area (Å²) in [7, 11) is 0. The van der Waals surface area contributed by atoms with Gasteiger partial charge in [-0.05, 0) is 38.0 Å². The minimum Gasteiger partial charge on any atom is -0.311 e. The van der Waals surface area contributed by atoms with Gasteiger partial charge in [0.05, 0.1) is 0 Å². The van der Waals surface area contributed by atoms with E-state index in [1.165, 1.54) is 38.8 Å². The van der Waals surface area contributed by atoms with E-state index < -0.39 is 0 Å². The molecule has 1 saturated carbocycles. The molecule has 100 valence electrons. The van der Waals surface area contributed by atoms with Crippen molar-refractivity contribution in [3.8, 4) is 0 Å². The van der Waals surface area contributed by atoms with E-state index in [4.69, 9.17) is 0 Å². The van der Waals surface area contributed by atoms with E-state index in [-0.39, 0.29) is 0 Å². The molecule has 0 aromatic rings. The van der Waals surface area contributed by atoms with Gasteiger partial charge in [-0.3, -0.25) is 4.90 Å². The van der Waals surface area contributed by atoms with E-state index in [2.05, 4.69) is 37.9 Å². The third-order valence-electron chi connectivity index (χ3n) is 4.43. The molecule has 1 aliphatic carbocycles. The Bertz CT molecular complexity index is 239. The van der Waals surface area contributed by atoms with Crippen LogP contribution in [0, 0.1) is 11.8 Å². The van der Waals surface area contributed by atoms with Crippen molar-refractivity contribution in [1.82, 2.24) is 10.2 Å². The van der Waals surface area contributed by atoms with Crippen molar-refractivity contribution < 1.29 is 0 Å². The van der Waals surface area contributed by atoms with Gasteiger partial charge in [-0.15, -0.1) is 0 Å². The Labute approximate surface area is 107 Å². The average molecular weight is 238 g/mol. The molecule has 2 heteroatoms. The molecule has 4 unspecified atom stereocenters. The zero-order chi connectivity index (χ0) is 12.4. The third kappa shape index (κ3) is 3.45. The van der Waals surface area contributed by atoms with E-state index in [1.807, 2.05) is 0 Å². The summed E-state index contributed by atoms with van der Waals surface area (Å²) in [4.78, 5) is 2.80. The van der Waals surface area contributed by atoms with Gasteiger partial charge < -0.3 is 5.32 Å². The van der Waals surface area contributed by atoms with Crippen molar-refractivity contribution in [2.45, 2.75) is 71.5 Å². The second-order valence-electron chi connectivity index (χ2n) is 6.63. The first-order chi connectivity index (χ1) is 8.11. The second-order valence-corrected chi connectivity index (χ2v) is 6.63. The lowest BCUT2D eigenvalue weighted by atomic mass is 10.00. The summed E-state index contributed by atoms with van der Waals surface area (Å²) in [6.07, 6.45) is 5.59. The van der Waals surface area contributed by atoms with Crippen molar-refractivity contribution in [1.29, 1.82) is 0 Å². The summed E-state index contributed by atoms with van der Waals surface area (Å²) in [6, 6.07) is 2.39. The van der Waals surface area contributed by atoms with Crippen LogP contribution in [0.1, 0.15) is 53.4 Å². The highest BCUT2D eigenvalue weighted by molar-refractivity contribution is 4.99. The molecule has 2 fully saturated rings. The molecule has 0 aromatic carbocycles. The van der Waals surface area contributed by atoms with Gasteiger partial charge >= 0.3 is 0 Å². The summed E-state index contributed by atoms with van der Waals surface area (Å²) in [5.41, 5.74) is 0. The van der Waals surface area contributed by atoms with E-state index in [9.17, 15) is 0 Å². The van der Waals surface area contributed by atoms with Crippen molar-refractivity contribution in [3.63, 3.8) is 0 Å². The molecule has 1 heterocycles. The lowest BCUT2D eigenvalue weighted by molar-refractivity contribution is 0.117. The molecular formula is C15H30N2. The van der Waals surface area contributed by atoms with E-state index in [1.54, 1.807) is 0 Å². The minimum atomic E-state index is 0.731. The summed E-state index contributed by atoms with van der Waals surface area (Å²) < 4.78 is 0. The second kappa shape index (κ2) is 5.71. The minimum absolute atomic E-state index is 0.731. The van der Waals surface area contributed by atoms with Gasteiger partial charge in [-0.25, -0.2) is 0 Å². The van der Waals surface area contributed by atoms with E-state index >= 15 is 0 Å². The zero-order valence-electron chi connectivity index (χ0n) is 12.1. The van der Waals surface area contributed by atoms with Gasteiger partial charge in [0.1, 0.15) is 0 Å². The average Bonchev–Trinajstić information content (AvgIpc) is 3.00. The number of nitrogens with one attached hydrogen (secondary N) is 1. The van der Waals surface area contributed by atoms with Crippen LogP contribution in [0.2, 0.25) is 0 Å². The molecule has 17 heavy (non-hydrogen) atoms. The van der Waals surface area contributed by atoms with Crippen LogP contribution in [0.5, 0.6) is 0 Å². The summed E-state index contributed by atoms with van der Waals surface area (Å²) in [5, 5.41) is 3.72. The van der Waals surface area contributed by atoms with Crippen molar-refractivity contribution in [2.75, 3.05) is 13.1 Å². The van der Waals surface area contributed by atoms with Gasteiger partial charge in [0, 0.05) is 31.2 Å². The van der Waals surface area contributed by atoms with Crippen LogP contribution in [0.15, 0.2) is 0 Å². The Kier molecular flexibility index (Phi) is 4.48. The lowest BCUT2D eigenvalue weighted by Crippen LogP contribution is -2.56. The molecule has 0 bridgehead atoms. The predicted octanol–water partition coefficient (Wildman–Crippen LogP) is 2.88. The SMILES string of the molecule is CCCC1CC1N1CC(CC(C)C)NCC1C. The maximum absolute atomic E-state index is 3.72. The Morgan fingerprint density at radius 1 is 1.35 bits per heavy atom. The fraction of sp³-hybridized carbons (Fsp3) is 1.00. The van der Waals surface area contributed by atoms with Crippen molar-refractivity contribution in [3.05, 3.63) is 0 Å². The molecule has 2 rings (SSSR count). The smallest absolute Gasteiger partial charge is 0.0198 e. The van der Waals surface area contributed by atoms with Crippen molar-refractivity contribution in [2.24, 2.45) is 11.8 Å². The normalized spacial score (nSPS) is 38.6. The molecule has 2 nitrogen and oxygen atoms in total. The Morgan fingerprint density at radius 2 is 2.12 bits per heavy atom. The standard InChI is InChI=1S/C15H30N2/c1-5-6-13-8-15(13)17-10-14(7-11(2)3)16-9-12(17)4/h11-16H,5-10H2,1-4H3. The van der Waals surface area contributed by atoms with Crippen molar-refractivity contribution >= 4 is 0 Å². The highest BCUT2D eigenvalue weighted by Gasteiger charge is 2.44. The molecule has 1 saturated heterocycles. The van der Waals surface area contributed by atoms with Gasteiger partial charge in [-0.1, -0.05) is 27.2 Å². The van der Waals surface area contributed by atoms with Gasteiger partial charge in [0.25, 0.3) is 0 Å². The molecule has 0 spiro atoms. The largest absolute Gasteiger partial charge is 0.311 e. The van der Waals surface area contributed by atoms with Crippen LogP contribution in [-0.4, -0.2) is 36.1 Å². The molecule has 0 radical (unpaired) electrons. The highest BCUT2D eigenvalue weighted by atomic mass is 15.3. The van der Waals surface area contributed by atoms with Crippen LogP contribution in [0.25, 0.3) is 0 Å². The quantitative estimate of drug-likeness (QED) is 0.792. The monoisotopic (exact) mass is 238 g/mol. The Balaban J connectivity index is 1.83. The summed E-state index contributed by atoms with van der Waals surface area (Å²) in [6.45, 7) is 11.8. The fourth-order valence-corrected chi connectivity index (χ4v) is 3.46. The topological polar surface area (TPSA) is 15.3 Å². The fourth-order valence-electron chi connectivity index (χ4n) is 3.46. The van der Waals surface area contributed by atoms with Crippen LogP contribution in [0.4, 0.5) is 0 Å². The van der Waals surface area contributed by atoms with Crippen LogP contribution in [0.3, 0.4) is 0 Å². The molecule has 0 amide bonds. The number of piperazine rings is 1. The molecule has 1 N–H and O–H groups in total. The summed E-state index contributed by atoms with van der Waals surface area (Å²) in [5.74, 6) is 1.83. The molecule has 2 aliphatic rings. The molecular weight excluding hydrogens is 208 g/mol. The summed E-state index contributed by atoms with van der Waals surface area (Å²) >= 11 is 0. The maximum atomic E-state index is 3.72. The highest BCUT2D eigenvalue weighted by Crippen LogP contribution is 2.41. The van der Waals surface area contributed by atoms with Gasteiger partial charge in [0.15, 0.2) is 0 Å². The maximum Gasteiger partial charge on any atom is 0.0198 e. The number of nitrogens with zero attached hydrogens (tertiary/aromatic N) is 1. The number of rotatable bonds is 5. The number of hydrogen-bond acceptors (Lipinski definition) is 2. The number of hydrogen-bond donors (Lipinski definition) is 1.